The molecule has 0 unspecified atom stereocenters. The molecule has 0 saturated carbocycles. The van der Waals surface area contributed by atoms with Crippen LogP contribution in [0.3, 0.4) is 0 Å². The SMILES string of the molecule is CCc1ccc(C(=O)c2ncn[nH]2)cc1. The molecule has 0 aliphatic carbocycles. The van der Waals surface area contributed by atoms with Gasteiger partial charge in [0.05, 0.1) is 0 Å². The number of H-pyrrole nitrogens is 1. The second-order valence-electron chi connectivity index (χ2n) is 3.21. The molecule has 15 heavy (non-hydrogen) atoms. The number of ketones is 1. The highest BCUT2D eigenvalue weighted by molar-refractivity contribution is 6.06. The van der Waals surface area contributed by atoms with Gasteiger partial charge in [0.1, 0.15) is 6.33 Å². The molecule has 0 amide bonds. The first-order valence-corrected chi connectivity index (χ1v) is 4.80. The summed E-state index contributed by atoms with van der Waals surface area (Å²) in [6.07, 6.45) is 2.30. The molecule has 0 atom stereocenters. The molecule has 2 aromatic rings. The lowest BCUT2D eigenvalue weighted by Crippen LogP contribution is -2.03. The smallest absolute Gasteiger partial charge is 0.229 e. The van der Waals surface area contributed by atoms with Crippen LogP contribution in [0.5, 0.6) is 0 Å². The molecule has 76 valence electrons. The lowest BCUT2D eigenvalue weighted by atomic mass is 10.1. The fourth-order valence-electron chi connectivity index (χ4n) is 1.34. The number of aromatic nitrogens is 3. The van der Waals surface area contributed by atoms with Gasteiger partial charge in [0.15, 0.2) is 5.82 Å². The number of nitrogens with zero attached hydrogens (tertiary/aromatic N) is 2. The topological polar surface area (TPSA) is 58.6 Å². The molecule has 0 spiro atoms. The van der Waals surface area contributed by atoms with E-state index in [0.29, 0.717) is 5.56 Å². The van der Waals surface area contributed by atoms with Crippen LogP contribution in [0.25, 0.3) is 0 Å². The fraction of sp³-hybridized carbons (Fsp3) is 0.182. The van der Waals surface area contributed by atoms with E-state index in [4.69, 9.17) is 0 Å². The zero-order valence-electron chi connectivity index (χ0n) is 8.40. The lowest BCUT2D eigenvalue weighted by molar-refractivity contribution is 0.103. The van der Waals surface area contributed by atoms with E-state index < -0.39 is 0 Å². The van der Waals surface area contributed by atoms with Crippen molar-refractivity contribution in [3.05, 3.63) is 47.5 Å². The quantitative estimate of drug-likeness (QED) is 0.767. The van der Waals surface area contributed by atoms with Crippen molar-refractivity contribution in [3.8, 4) is 0 Å². The fourth-order valence-corrected chi connectivity index (χ4v) is 1.34. The van der Waals surface area contributed by atoms with E-state index in [1.165, 1.54) is 11.9 Å². The summed E-state index contributed by atoms with van der Waals surface area (Å²) in [6, 6.07) is 7.51. The first-order chi connectivity index (χ1) is 7.31. The highest BCUT2D eigenvalue weighted by Gasteiger charge is 2.10. The Labute approximate surface area is 87.4 Å². The van der Waals surface area contributed by atoms with Gasteiger partial charge in [0.25, 0.3) is 0 Å². The van der Waals surface area contributed by atoms with Crippen molar-refractivity contribution in [1.82, 2.24) is 15.2 Å². The number of aryl methyl sites for hydroxylation is 1. The molecule has 4 heteroatoms. The number of carbonyl (C=O) groups is 1. The summed E-state index contributed by atoms with van der Waals surface area (Å²) in [4.78, 5) is 15.6. The summed E-state index contributed by atoms with van der Waals surface area (Å²) in [5, 5.41) is 6.20. The van der Waals surface area contributed by atoms with Gasteiger partial charge in [-0.1, -0.05) is 31.2 Å². The van der Waals surface area contributed by atoms with Crippen molar-refractivity contribution >= 4 is 5.78 Å². The largest absolute Gasteiger partial charge is 0.285 e. The number of nitrogens with one attached hydrogen (secondary N) is 1. The standard InChI is InChI=1S/C11H11N3O/c1-2-8-3-5-9(6-4-8)10(15)11-12-7-13-14-11/h3-7H,2H2,1H3,(H,12,13,14). The Morgan fingerprint density at radius 1 is 1.33 bits per heavy atom. The molecule has 4 nitrogen and oxygen atoms in total. The van der Waals surface area contributed by atoms with Crippen LogP contribution in [0, 0.1) is 0 Å². The van der Waals surface area contributed by atoms with E-state index >= 15 is 0 Å². The van der Waals surface area contributed by atoms with Crippen LogP contribution in [0.4, 0.5) is 0 Å². The van der Waals surface area contributed by atoms with Crippen molar-refractivity contribution in [1.29, 1.82) is 0 Å². The Hall–Kier alpha value is -1.97. The third kappa shape index (κ3) is 1.93. The zero-order chi connectivity index (χ0) is 10.7. The van der Waals surface area contributed by atoms with Crippen molar-refractivity contribution < 1.29 is 4.79 Å². The van der Waals surface area contributed by atoms with Crippen molar-refractivity contribution in [3.63, 3.8) is 0 Å². The van der Waals surface area contributed by atoms with E-state index in [1.807, 2.05) is 24.3 Å². The molecule has 1 aromatic carbocycles. The summed E-state index contributed by atoms with van der Waals surface area (Å²) < 4.78 is 0. The monoisotopic (exact) mass is 201 g/mol. The van der Waals surface area contributed by atoms with E-state index in [-0.39, 0.29) is 11.6 Å². The third-order valence-corrected chi connectivity index (χ3v) is 2.25. The molecular formula is C11H11N3O. The van der Waals surface area contributed by atoms with E-state index in [0.717, 1.165) is 6.42 Å². The number of rotatable bonds is 3. The van der Waals surface area contributed by atoms with Gasteiger partial charge in [-0.05, 0) is 12.0 Å². The third-order valence-electron chi connectivity index (χ3n) is 2.25. The van der Waals surface area contributed by atoms with Gasteiger partial charge in [-0.15, -0.1) is 0 Å². The Balaban J connectivity index is 2.27. The first-order valence-electron chi connectivity index (χ1n) is 4.80. The summed E-state index contributed by atoms with van der Waals surface area (Å²) in [5.41, 5.74) is 1.84. The molecule has 1 N–H and O–H groups in total. The molecule has 0 saturated heterocycles. The molecule has 0 bridgehead atoms. The molecule has 1 aromatic heterocycles. The van der Waals surface area contributed by atoms with Crippen molar-refractivity contribution in [2.45, 2.75) is 13.3 Å². The van der Waals surface area contributed by atoms with Gasteiger partial charge < -0.3 is 0 Å². The molecular weight excluding hydrogens is 190 g/mol. The lowest BCUT2D eigenvalue weighted by Gasteiger charge is -1.99. The highest BCUT2D eigenvalue weighted by atomic mass is 16.1. The number of hydrogen-bond acceptors (Lipinski definition) is 3. The number of carbonyl (C=O) groups excluding carboxylic acids is 1. The van der Waals surface area contributed by atoms with E-state index in [1.54, 1.807) is 0 Å². The van der Waals surface area contributed by atoms with E-state index in [9.17, 15) is 4.79 Å². The normalized spacial score (nSPS) is 10.2. The van der Waals surface area contributed by atoms with Crippen molar-refractivity contribution in [2.24, 2.45) is 0 Å². The first kappa shape index (κ1) is 9.58. The summed E-state index contributed by atoms with van der Waals surface area (Å²) in [7, 11) is 0. The average molecular weight is 201 g/mol. The number of aromatic amines is 1. The van der Waals surface area contributed by atoms with Gasteiger partial charge in [0.2, 0.25) is 5.78 Å². The van der Waals surface area contributed by atoms with Gasteiger partial charge in [-0.25, -0.2) is 4.98 Å². The second-order valence-corrected chi connectivity index (χ2v) is 3.21. The van der Waals surface area contributed by atoms with Gasteiger partial charge in [0, 0.05) is 5.56 Å². The Kier molecular flexibility index (Phi) is 2.58. The summed E-state index contributed by atoms with van der Waals surface area (Å²) >= 11 is 0. The number of hydrogen-bond donors (Lipinski definition) is 1. The van der Waals surface area contributed by atoms with Gasteiger partial charge in [-0.3, -0.25) is 9.89 Å². The summed E-state index contributed by atoms with van der Waals surface area (Å²) in [5.74, 6) is 0.148. The maximum atomic E-state index is 11.8. The molecule has 1 heterocycles. The van der Waals surface area contributed by atoms with Crippen LogP contribution in [0.1, 0.15) is 28.7 Å². The van der Waals surface area contributed by atoms with Crippen LogP contribution >= 0.6 is 0 Å². The molecule has 0 radical (unpaired) electrons. The number of benzene rings is 1. The molecule has 0 fully saturated rings. The Morgan fingerprint density at radius 3 is 2.60 bits per heavy atom. The average Bonchev–Trinajstić information content (AvgIpc) is 2.82. The van der Waals surface area contributed by atoms with Crippen molar-refractivity contribution in [2.75, 3.05) is 0 Å². The second kappa shape index (κ2) is 4.04. The minimum atomic E-state index is -0.129. The zero-order valence-corrected chi connectivity index (χ0v) is 8.40. The van der Waals surface area contributed by atoms with Crippen LogP contribution in [0.15, 0.2) is 30.6 Å². The van der Waals surface area contributed by atoms with Crippen LogP contribution in [-0.4, -0.2) is 21.0 Å². The minimum absolute atomic E-state index is 0.129. The predicted octanol–water partition coefficient (Wildman–Crippen LogP) is 1.60. The Bertz CT molecular complexity index is 445. The molecule has 0 aliphatic heterocycles. The predicted molar refractivity (Wildman–Crippen MR) is 55.6 cm³/mol. The van der Waals surface area contributed by atoms with Crippen LogP contribution < -0.4 is 0 Å². The van der Waals surface area contributed by atoms with Gasteiger partial charge >= 0.3 is 0 Å². The minimum Gasteiger partial charge on any atom is -0.285 e. The molecule has 2 rings (SSSR count). The Morgan fingerprint density at radius 2 is 2.07 bits per heavy atom. The van der Waals surface area contributed by atoms with Crippen LogP contribution in [0.2, 0.25) is 0 Å². The van der Waals surface area contributed by atoms with Gasteiger partial charge in [-0.2, -0.15) is 5.10 Å². The van der Waals surface area contributed by atoms with Crippen LogP contribution in [-0.2, 0) is 6.42 Å². The summed E-state index contributed by atoms with van der Waals surface area (Å²) in [6.45, 7) is 2.08. The maximum absolute atomic E-state index is 11.8. The highest BCUT2D eigenvalue weighted by Crippen LogP contribution is 2.08. The maximum Gasteiger partial charge on any atom is 0.229 e. The van der Waals surface area contributed by atoms with E-state index in [2.05, 4.69) is 22.1 Å². The molecule has 0 aliphatic rings.